The summed E-state index contributed by atoms with van der Waals surface area (Å²) >= 11 is 3.20. The molecule has 2 aromatic heterocycles. The monoisotopic (exact) mass is 427 g/mol. The summed E-state index contributed by atoms with van der Waals surface area (Å²) in [5.74, 6) is -0.0374. The maximum absolute atomic E-state index is 13.1. The van der Waals surface area contributed by atoms with E-state index in [0.29, 0.717) is 13.2 Å². The van der Waals surface area contributed by atoms with E-state index in [1.165, 1.54) is 0 Å². The largest absolute Gasteiger partial charge is 0.378 e. The molecule has 1 amide bonds. The highest BCUT2D eigenvalue weighted by Crippen LogP contribution is 2.39. The van der Waals surface area contributed by atoms with Crippen molar-refractivity contribution < 1.29 is 9.53 Å². The number of nitrogens with one attached hydrogen (secondary N) is 1. The van der Waals surface area contributed by atoms with Gasteiger partial charge in [0, 0.05) is 23.5 Å². The molecule has 1 aromatic carbocycles. The second-order valence-corrected chi connectivity index (χ2v) is 9.44. The summed E-state index contributed by atoms with van der Waals surface area (Å²) in [6.07, 6.45) is 0. The number of anilines is 1. The number of hydrogen-bond acceptors (Lipinski definition) is 6. The van der Waals surface area contributed by atoms with Crippen molar-refractivity contribution in [3.8, 4) is 11.1 Å². The topological polar surface area (TPSA) is 54.5 Å². The molecule has 0 saturated carbocycles. The van der Waals surface area contributed by atoms with Crippen LogP contribution >= 0.6 is 22.7 Å². The second kappa shape index (κ2) is 8.65. The van der Waals surface area contributed by atoms with Crippen molar-refractivity contribution in [1.82, 2.24) is 10.3 Å². The van der Waals surface area contributed by atoms with Gasteiger partial charge in [0.1, 0.15) is 0 Å². The second-order valence-electron chi connectivity index (χ2n) is 7.17. The van der Waals surface area contributed by atoms with Gasteiger partial charge < -0.3 is 15.0 Å². The first-order valence-electron chi connectivity index (χ1n) is 9.79. The predicted molar refractivity (Wildman–Crippen MR) is 120 cm³/mol. The highest BCUT2D eigenvalue weighted by molar-refractivity contribution is 7.18. The molecule has 3 heterocycles. The summed E-state index contributed by atoms with van der Waals surface area (Å²) in [6, 6.07) is 12.2. The number of ether oxygens (including phenoxy) is 1. The van der Waals surface area contributed by atoms with Crippen molar-refractivity contribution >= 4 is 33.6 Å². The first-order chi connectivity index (χ1) is 14.0. The number of rotatable bonds is 5. The van der Waals surface area contributed by atoms with E-state index in [4.69, 9.17) is 4.74 Å². The van der Waals surface area contributed by atoms with Gasteiger partial charge in [0.05, 0.1) is 39.8 Å². The van der Waals surface area contributed by atoms with E-state index in [2.05, 4.69) is 27.3 Å². The zero-order valence-electron chi connectivity index (χ0n) is 16.9. The number of morpholine rings is 1. The zero-order chi connectivity index (χ0) is 20.4. The molecule has 1 N–H and O–H groups in total. The van der Waals surface area contributed by atoms with Gasteiger partial charge in [0.2, 0.25) is 0 Å². The number of amides is 1. The van der Waals surface area contributed by atoms with Crippen LogP contribution in [0.15, 0.2) is 36.4 Å². The van der Waals surface area contributed by atoms with Gasteiger partial charge in [-0.15, -0.1) is 22.7 Å². The minimum atomic E-state index is -0.0668. The van der Waals surface area contributed by atoms with Crippen molar-refractivity contribution in [2.24, 2.45) is 0 Å². The smallest absolute Gasteiger partial charge is 0.261 e. The Balaban J connectivity index is 1.62. The summed E-state index contributed by atoms with van der Waals surface area (Å²) in [5, 5.41) is 5.32. The van der Waals surface area contributed by atoms with Crippen LogP contribution in [0.1, 0.15) is 38.2 Å². The minimum Gasteiger partial charge on any atom is -0.378 e. The molecule has 7 heteroatoms. The Labute approximate surface area is 179 Å². The highest BCUT2D eigenvalue weighted by Gasteiger charge is 2.23. The van der Waals surface area contributed by atoms with Crippen molar-refractivity contribution in [3.05, 3.63) is 56.9 Å². The number of thiazole rings is 1. The maximum atomic E-state index is 13.1. The maximum Gasteiger partial charge on any atom is 0.261 e. The molecule has 29 heavy (non-hydrogen) atoms. The highest BCUT2D eigenvalue weighted by atomic mass is 32.1. The normalized spacial score (nSPS) is 15.3. The molecule has 5 nitrogen and oxygen atoms in total. The van der Waals surface area contributed by atoms with Gasteiger partial charge in [-0.2, -0.15) is 0 Å². The molecule has 1 aliphatic rings. The minimum absolute atomic E-state index is 0.0374. The van der Waals surface area contributed by atoms with Crippen LogP contribution < -0.4 is 10.2 Å². The van der Waals surface area contributed by atoms with Crippen molar-refractivity contribution in [2.75, 3.05) is 31.2 Å². The Morgan fingerprint density at radius 3 is 2.55 bits per heavy atom. The zero-order valence-corrected chi connectivity index (χ0v) is 18.5. The number of thiophene rings is 1. The average Bonchev–Trinajstić information content (AvgIpc) is 3.32. The standard InChI is InChI=1S/C22H25N3O2S2/c1-14-20(28-16(3)23-14)15(2)24-21(26)19-13-18(17-7-5-4-6-8-17)22(29-19)25-9-11-27-12-10-25/h4-8,13,15H,9-12H2,1-3H3,(H,24,26)/t15-/m1/s1. The van der Waals surface area contributed by atoms with Gasteiger partial charge in [0.25, 0.3) is 5.91 Å². The van der Waals surface area contributed by atoms with Crippen LogP contribution in [0.3, 0.4) is 0 Å². The van der Waals surface area contributed by atoms with Crippen molar-refractivity contribution in [3.63, 3.8) is 0 Å². The fraction of sp³-hybridized carbons (Fsp3) is 0.364. The number of aromatic nitrogens is 1. The molecule has 0 unspecified atom stereocenters. The number of aryl methyl sites for hydroxylation is 2. The third kappa shape index (κ3) is 4.37. The Morgan fingerprint density at radius 1 is 1.17 bits per heavy atom. The molecule has 1 saturated heterocycles. The third-order valence-corrected chi connectivity index (χ3v) is 7.45. The fourth-order valence-corrected chi connectivity index (χ4v) is 5.67. The van der Waals surface area contributed by atoms with E-state index in [9.17, 15) is 4.79 Å². The molecule has 1 aliphatic heterocycles. The number of benzene rings is 1. The van der Waals surface area contributed by atoms with E-state index in [-0.39, 0.29) is 11.9 Å². The van der Waals surface area contributed by atoms with E-state index in [1.807, 2.05) is 45.0 Å². The SMILES string of the molecule is Cc1nc(C)c([C@@H](C)NC(=O)c2cc(-c3ccccc3)c(N3CCOCC3)s2)s1. The Hall–Kier alpha value is -2.22. The molecule has 0 aliphatic carbocycles. The van der Waals surface area contributed by atoms with Crippen LogP contribution in [0.4, 0.5) is 5.00 Å². The quantitative estimate of drug-likeness (QED) is 0.634. The Morgan fingerprint density at radius 2 is 1.90 bits per heavy atom. The van der Waals surface area contributed by atoms with Gasteiger partial charge in [-0.25, -0.2) is 4.98 Å². The predicted octanol–water partition coefficient (Wildman–Crippen LogP) is 4.82. The average molecular weight is 428 g/mol. The lowest BCUT2D eigenvalue weighted by molar-refractivity contribution is 0.0944. The number of carbonyl (C=O) groups is 1. The van der Waals surface area contributed by atoms with E-state index in [1.54, 1.807) is 22.7 Å². The molecule has 3 aromatic rings. The first-order valence-corrected chi connectivity index (χ1v) is 11.4. The van der Waals surface area contributed by atoms with Gasteiger partial charge in [0.15, 0.2) is 0 Å². The molecular weight excluding hydrogens is 402 g/mol. The Bertz CT molecular complexity index is 991. The van der Waals surface area contributed by atoms with E-state index < -0.39 is 0 Å². The van der Waals surface area contributed by atoms with Gasteiger partial charge in [-0.05, 0) is 32.4 Å². The van der Waals surface area contributed by atoms with Crippen LogP contribution in [0.25, 0.3) is 11.1 Å². The molecule has 0 bridgehead atoms. The van der Waals surface area contributed by atoms with E-state index in [0.717, 1.165) is 49.7 Å². The van der Waals surface area contributed by atoms with Crippen LogP contribution in [0.2, 0.25) is 0 Å². The fourth-order valence-electron chi connectivity index (χ4n) is 3.60. The molecule has 0 radical (unpaired) electrons. The molecule has 0 spiro atoms. The molecule has 152 valence electrons. The number of nitrogens with zero attached hydrogens (tertiary/aromatic N) is 2. The van der Waals surface area contributed by atoms with Crippen LogP contribution in [0.5, 0.6) is 0 Å². The summed E-state index contributed by atoms with van der Waals surface area (Å²) in [5.41, 5.74) is 3.23. The summed E-state index contributed by atoms with van der Waals surface area (Å²) in [6.45, 7) is 9.14. The summed E-state index contributed by atoms with van der Waals surface area (Å²) in [4.78, 5) is 21.7. The first kappa shape index (κ1) is 20.1. The van der Waals surface area contributed by atoms with Gasteiger partial charge >= 0.3 is 0 Å². The summed E-state index contributed by atoms with van der Waals surface area (Å²) < 4.78 is 5.51. The van der Waals surface area contributed by atoms with Crippen molar-refractivity contribution in [1.29, 1.82) is 0 Å². The molecule has 1 fully saturated rings. The van der Waals surface area contributed by atoms with E-state index >= 15 is 0 Å². The molecular formula is C22H25N3O2S2. The van der Waals surface area contributed by atoms with Gasteiger partial charge in [-0.3, -0.25) is 4.79 Å². The van der Waals surface area contributed by atoms with Crippen LogP contribution in [0, 0.1) is 13.8 Å². The van der Waals surface area contributed by atoms with Crippen LogP contribution in [-0.4, -0.2) is 37.2 Å². The van der Waals surface area contributed by atoms with Crippen molar-refractivity contribution in [2.45, 2.75) is 26.8 Å². The summed E-state index contributed by atoms with van der Waals surface area (Å²) in [7, 11) is 0. The molecule has 1 atom stereocenters. The van der Waals surface area contributed by atoms with Crippen LogP contribution in [-0.2, 0) is 4.74 Å². The molecule has 4 rings (SSSR count). The number of hydrogen-bond donors (Lipinski definition) is 1. The lowest BCUT2D eigenvalue weighted by Crippen LogP contribution is -2.35. The lowest BCUT2D eigenvalue weighted by Gasteiger charge is -2.28. The Kier molecular flexibility index (Phi) is 5.99. The number of carbonyl (C=O) groups excluding carboxylic acids is 1. The van der Waals surface area contributed by atoms with Gasteiger partial charge in [-0.1, -0.05) is 30.3 Å². The third-order valence-electron chi connectivity index (χ3n) is 5.00. The lowest BCUT2D eigenvalue weighted by atomic mass is 10.1.